The van der Waals surface area contributed by atoms with E-state index in [-0.39, 0.29) is 5.56 Å². The average molecular weight is 422 g/mol. The fraction of sp³-hybridized carbons (Fsp3) is 0.381. The van der Waals surface area contributed by atoms with E-state index in [1.54, 1.807) is 25.5 Å². The Morgan fingerprint density at radius 1 is 1.28 bits per heavy atom. The number of nitrogens with zero attached hydrogens (tertiary/aromatic N) is 1. The topological polar surface area (TPSA) is 51.2 Å². The van der Waals surface area contributed by atoms with Crippen molar-refractivity contribution in [2.45, 2.75) is 43.4 Å². The molecule has 2 atom stereocenters. The fourth-order valence-electron chi connectivity index (χ4n) is 3.89. The van der Waals surface area contributed by atoms with Gasteiger partial charge in [-0.15, -0.1) is 0 Å². The summed E-state index contributed by atoms with van der Waals surface area (Å²) in [7, 11) is 1.71. The molecule has 4 nitrogen and oxygen atoms in total. The minimum absolute atomic E-state index is 0.138. The Morgan fingerprint density at radius 3 is 2.72 bits per heavy atom. The Balaban J connectivity index is 1.95. The first-order valence-electron chi connectivity index (χ1n) is 9.30. The minimum Gasteiger partial charge on any atom is -0.457 e. The molecular weight excluding hydrogens is 401 g/mol. The smallest absolute Gasteiger partial charge is 0.416 e. The molecule has 0 spiro atoms. The van der Waals surface area contributed by atoms with Crippen molar-refractivity contribution in [3.63, 3.8) is 0 Å². The number of carbonyl (C=O) groups excluding carboxylic acids is 1. The van der Waals surface area contributed by atoms with Crippen LogP contribution in [0.3, 0.4) is 0 Å². The predicted octanol–water partition coefficient (Wildman–Crippen LogP) is 4.68. The molecule has 1 aromatic carbocycles. The van der Waals surface area contributed by atoms with Gasteiger partial charge in [0.1, 0.15) is 6.10 Å². The van der Waals surface area contributed by atoms with Crippen LogP contribution < -0.4 is 5.32 Å². The molecule has 154 valence electrons. The van der Waals surface area contributed by atoms with Crippen molar-refractivity contribution in [1.82, 2.24) is 10.3 Å². The van der Waals surface area contributed by atoms with E-state index in [9.17, 15) is 18.0 Å². The largest absolute Gasteiger partial charge is 0.457 e. The van der Waals surface area contributed by atoms with Crippen molar-refractivity contribution < 1.29 is 22.7 Å². The lowest BCUT2D eigenvalue weighted by molar-refractivity contribution is -0.137. The number of hydrogen-bond donors (Lipinski definition) is 1. The van der Waals surface area contributed by atoms with Crippen molar-refractivity contribution in [2.75, 3.05) is 7.05 Å². The van der Waals surface area contributed by atoms with Crippen LogP contribution in [0, 0.1) is 0 Å². The molecule has 1 aromatic heterocycles. The van der Waals surface area contributed by atoms with Crippen molar-refractivity contribution >= 4 is 23.2 Å². The summed E-state index contributed by atoms with van der Waals surface area (Å²) in [5, 5.41) is 3.01. The zero-order valence-corrected chi connectivity index (χ0v) is 16.6. The van der Waals surface area contributed by atoms with Gasteiger partial charge in [-0.05, 0) is 49.1 Å². The highest BCUT2D eigenvalue weighted by Gasteiger charge is 2.48. The van der Waals surface area contributed by atoms with Crippen LogP contribution in [0.4, 0.5) is 13.2 Å². The predicted molar refractivity (Wildman–Crippen MR) is 107 cm³/mol. The number of benzene rings is 1. The van der Waals surface area contributed by atoms with E-state index >= 15 is 0 Å². The van der Waals surface area contributed by atoms with Crippen LogP contribution in [-0.4, -0.2) is 29.1 Å². The van der Waals surface area contributed by atoms with Crippen LogP contribution in [0.2, 0.25) is 0 Å². The second-order valence-corrected chi connectivity index (χ2v) is 7.42. The number of aromatic nitrogens is 1. The summed E-state index contributed by atoms with van der Waals surface area (Å²) in [5.41, 5.74) is -0.977. The van der Waals surface area contributed by atoms with Gasteiger partial charge < -0.3 is 10.1 Å². The van der Waals surface area contributed by atoms with Crippen molar-refractivity contribution in [3.8, 4) is 0 Å². The molecule has 0 aliphatic heterocycles. The van der Waals surface area contributed by atoms with Crippen LogP contribution >= 0.6 is 12.2 Å². The Bertz CT molecular complexity index is 889. The summed E-state index contributed by atoms with van der Waals surface area (Å²) in [5.74, 6) is -0.796. The molecule has 1 fully saturated rings. The molecule has 1 heterocycles. The standard InChI is InChI=1S/C21H21F3N2O2S/c1-25-19(29)20(16-8-5-11-26-13-16)10-3-2-9-17(20)28-18(27)14-6-4-7-15(12-14)21(22,23)24/h4-8,11-13,17H,2-3,9-10H2,1H3,(H,25,29)/t17-,20+/m1/s1. The highest BCUT2D eigenvalue weighted by atomic mass is 32.1. The third-order valence-electron chi connectivity index (χ3n) is 5.32. The van der Waals surface area contributed by atoms with E-state index in [1.165, 1.54) is 12.1 Å². The Labute approximate surface area is 172 Å². The molecule has 2 aromatic rings. The van der Waals surface area contributed by atoms with Gasteiger partial charge in [0.2, 0.25) is 0 Å². The Hall–Kier alpha value is -2.48. The van der Waals surface area contributed by atoms with Crippen LogP contribution in [0.5, 0.6) is 0 Å². The van der Waals surface area contributed by atoms with Crippen LogP contribution in [0.1, 0.15) is 47.2 Å². The molecule has 0 saturated heterocycles. The number of halogens is 3. The lowest BCUT2D eigenvalue weighted by Crippen LogP contribution is -2.53. The monoisotopic (exact) mass is 422 g/mol. The van der Waals surface area contributed by atoms with Gasteiger partial charge in [-0.1, -0.05) is 30.8 Å². The van der Waals surface area contributed by atoms with E-state index in [4.69, 9.17) is 17.0 Å². The third kappa shape index (κ3) is 4.27. The number of ether oxygens (including phenoxy) is 1. The van der Waals surface area contributed by atoms with Gasteiger partial charge in [0.15, 0.2) is 0 Å². The second kappa shape index (κ2) is 8.49. The number of pyridine rings is 1. The number of hydrogen-bond acceptors (Lipinski definition) is 4. The number of carbonyl (C=O) groups is 1. The first-order chi connectivity index (χ1) is 13.8. The van der Waals surface area contributed by atoms with Gasteiger partial charge in [0.25, 0.3) is 0 Å². The average Bonchev–Trinajstić information content (AvgIpc) is 2.73. The van der Waals surface area contributed by atoms with Crippen LogP contribution in [0.25, 0.3) is 0 Å². The molecule has 0 unspecified atom stereocenters. The number of rotatable bonds is 4. The van der Waals surface area contributed by atoms with Gasteiger partial charge in [0.05, 0.1) is 21.5 Å². The highest BCUT2D eigenvalue weighted by Crippen LogP contribution is 2.42. The molecule has 1 aliphatic carbocycles. The minimum atomic E-state index is -4.53. The fourth-order valence-corrected chi connectivity index (χ4v) is 4.24. The lowest BCUT2D eigenvalue weighted by Gasteiger charge is -2.43. The van der Waals surface area contributed by atoms with Crippen LogP contribution in [0.15, 0.2) is 48.8 Å². The third-order valence-corrected chi connectivity index (χ3v) is 5.89. The summed E-state index contributed by atoms with van der Waals surface area (Å²) in [6.07, 6.45) is 1.12. The normalized spacial score (nSPS) is 22.0. The Morgan fingerprint density at radius 2 is 2.07 bits per heavy atom. The first-order valence-corrected chi connectivity index (χ1v) is 9.71. The number of alkyl halides is 3. The van der Waals surface area contributed by atoms with Crippen molar-refractivity contribution in [1.29, 1.82) is 0 Å². The molecule has 3 rings (SSSR count). The zero-order valence-electron chi connectivity index (χ0n) is 15.8. The van der Waals surface area contributed by atoms with Crippen LogP contribution in [-0.2, 0) is 16.3 Å². The molecule has 8 heteroatoms. The number of thiocarbonyl (C=S) groups is 1. The molecule has 29 heavy (non-hydrogen) atoms. The maximum Gasteiger partial charge on any atom is 0.416 e. The molecule has 1 saturated carbocycles. The van der Waals surface area contributed by atoms with E-state index < -0.39 is 29.2 Å². The van der Waals surface area contributed by atoms with E-state index in [1.807, 2.05) is 6.07 Å². The molecule has 1 N–H and O–H groups in total. The number of nitrogens with one attached hydrogen (secondary N) is 1. The Kier molecular flexibility index (Phi) is 6.21. The maximum absolute atomic E-state index is 13.0. The van der Waals surface area contributed by atoms with Gasteiger partial charge >= 0.3 is 12.1 Å². The number of esters is 1. The molecule has 0 bridgehead atoms. The maximum atomic E-state index is 13.0. The first kappa shape index (κ1) is 21.2. The zero-order chi connectivity index (χ0) is 21.1. The summed E-state index contributed by atoms with van der Waals surface area (Å²) < 4.78 is 44.8. The summed E-state index contributed by atoms with van der Waals surface area (Å²) >= 11 is 5.61. The van der Waals surface area contributed by atoms with E-state index in [0.29, 0.717) is 17.8 Å². The quantitative estimate of drug-likeness (QED) is 0.573. The molecule has 1 aliphatic rings. The number of likely N-dealkylation sites (N-methyl/N-ethyl adjacent to an activating group) is 1. The van der Waals surface area contributed by atoms with Crippen molar-refractivity contribution in [2.24, 2.45) is 0 Å². The molecule has 0 amide bonds. The van der Waals surface area contributed by atoms with E-state index in [2.05, 4.69) is 10.3 Å². The second-order valence-electron chi connectivity index (χ2n) is 7.01. The van der Waals surface area contributed by atoms with Gasteiger partial charge in [-0.3, -0.25) is 4.98 Å². The van der Waals surface area contributed by atoms with E-state index in [0.717, 1.165) is 30.5 Å². The SMILES string of the molecule is CNC(=S)[C@]1(c2cccnc2)CCCC[C@H]1OC(=O)c1cccc(C(F)(F)F)c1. The van der Waals surface area contributed by atoms with Gasteiger partial charge in [-0.25, -0.2) is 4.79 Å². The van der Waals surface area contributed by atoms with Gasteiger partial charge in [-0.2, -0.15) is 13.2 Å². The molecular formula is C21H21F3N2O2S. The van der Waals surface area contributed by atoms with Gasteiger partial charge in [0, 0.05) is 19.4 Å². The lowest BCUT2D eigenvalue weighted by atomic mass is 9.67. The summed E-state index contributed by atoms with van der Waals surface area (Å²) in [4.78, 5) is 17.5. The summed E-state index contributed by atoms with van der Waals surface area (Å²) in [6.45, 7) is 0. The molecule has 0 radical (unpaired) electrons. The van der Waals surface area contributed by atoms with Crippen molar-refractivity contribution in [3.05, 3.63) is 65.5 Å². The summed E-state index contributed by atoms with van der Waals surface area (Å²) in [6, 6.07) is 7.93. The highest BCUT2D eigenvalue weighted by molar-refractivity contribution is 7.80.